The molecule has 2 aromatic heterocycles. The van der Waals surface area contributed by atoms with Gasteiger partial charge in [0.25, 0.3) is 5.91 Å². The zero-order valence-electron chi connectivity index (χ0n) is 20.2. The second kappa shape index (κ2) is 9.05. The highest BCUT2D eigenvalue weighted by Crippen LogP contribution is 2.41. The lowest BCUT2D eigenvalue weighted by molar-refractivity contribution is 0.0746. The number of fused-ring (bicyclic) bond motifs is 3. The molecule has 0 radical (unpaired) electrons. The van der Waals surface area contributed by atoms with E-state index in [2.05, 4.69) is 44.7 Å². The number of aromatic nitrogens is 2. The molecule has 1 aliphatic heterocycles. The Morgan fingerprint density at radius 1 is 1.12 bits per heavy atom. The summed E-state index contributed by atoms with van der Waals surface area (Å²) in [5, 5.41) is 1.28. The van der Waals surface area contributed by atoms with Crippen LogP contribution >= 0.6 is 11.3 Å². The topological polar surface area (TPSA) is 49.3 Å². The van der Waals surface area contributed by atoms with Gasteiger partial charge >= 0.3 is 0 Å². The average Bonchev–Trinajstić information content (AvgIpc) is 3.20. The first kappa shape index (κ1) is 22.3. The molecule has 0 N–H and O–H groups in total. The third-order valence-electron chi connectivity index (χ3n) is 7.15. The molecule has 0 saturated carbocycles. The van der Waals surface area contributed by atoms with Crippen molar-refractivity contribution in [1.29, 1.82) is 0 Å². The number of hydrogen-bond donors (Lipinski definition) is 0. The normalized spacial score (nSPS) is 18.8. The van der Waals surface area contributed by atoms with E-state index in [1.54, 1.807) is 0 Å². The number of rotatable bonds is 4. The molecule has 5 nitrogen and oxygen atoms in total. The summed E-state index contributed by atoms with van der Waals surface area (Å²) in [5.41, 5.74) is 3.53. The Bertz CT molecular complexity index is 1160. The SMILES string of the molecule is CCc1ccc(C(=O)N2CCN(c3nc(C(C)C)nc4sc5c(c34)CC[C@@H](C)C5)CC2)cc1. The van der Waals surface area contributed by atoms with E-state index in [1.165, 1.54) is 27.8 Å². The molecule has 1 aliphatic carbocycles. The van der Waals surface area contributed by atoms with Crippen molar-refractivity contribution in [2.75, 3.05) is 31.1 Å². The zero-order valence-corrected chi connectivity index (χ0v) is 21.0. The van der Waals surface area contributed by atoms with Crippen molar-refractivity contribution in [3.8, 4) is 0 Å². The van der Waals surface area contributed by atoms with E-state index in [0.717, 1.165) is 73.4 Å². The van der Waals surface area contributed by atoms with Crippen molar-refractivity contribution in [1.82, 2.24) is 14.9 Å². The van der Waals surface area contributed by atoms with Crippen molar-refractivity contribution >= 4 is 33.3 Å². The van der Waals surface area contributed by atoms with Crippen LogP contribution < -0.4 is 4.90 Å². The highest BCUT2D eigenvalue weighted by atomic mass is 32.1. The van der Waals surface area contributed by atoms with Crippen LogP contribution in [0.25, 0.3) is 10.2 Å². The fourth-order valence-electron chi connectivity index (χ4n) is 5.01. The number of carbonyl (C=O) groups excluding carboxylic acids is 1. The monoisotopic (exact) mass is 462 g/mol. The number of amides is 1. The fourth-order valence-corrected chi connectivity index (χ4v) is 6.40. The summed E-state index contributed by atoms with van der Waals surface area (Å²) in [4.78, 5) is 30.2. The molecule has 1 amide bonds. The lowest BCUT2D eigenvalue weighted by Crippen LogP contribution is -2.49. The number of anilines is 1. The summed E-state index contributed by atoms with van der Waals surface area (Å²) in [6.45, 7) is 11.9. The minimum absolute atomic E-state index is 0.134. The van der Waals surface area contributed by atoms with E-state index in [0.29, 0.717) is 5.92 Å². The quantitative estimate of drug-likeness (QED) is 0.516. The molecule has 3 aromatic rings. The first-order valence-corrected chi connectivity index (χ1v) is 13.2. The van der Waals surface area contributed by atoms with Gasteiger partial charge in [0.05, 0.1) is 5.39 Å². The maximum absolute atomic E-state index is 13.1. The van der Waals surface area contributed by atoms with Gasteiger partial charge in [0.1, 0.15) is 16.5 Å². The third kappa shape index (κ3) is 4.25. The van der Waals surface area contributed by atoms with Crippen LogP contribution in [0.4, 0.5) is 5.82 Å². The number of hydrogen-bond acceptors (Lipinski definition) is 5. The van der Waals surface area contributed by atoms with Gasteiger partial charge in [0.2, 0.25) is 0 Å². The summed E-state index contributed by atoms with van der Waals surface area (Å²) in [5.74, 6) is 3.19. The summed E-state index contributed by atoms with van der Waals surface area (Å²) in [7, 11) is 0. The maximum atomic E-state index is 13.1. The highest BCUT2D eigenvalue weighted by Gasteiger charge is 2.29. The average molecular weight is 463 g/mol. The second-order valence-corrected chi connectivity index (χ2v) is 11.0. The van der Waals surface area contributed by atoms with Crippen molar-refractivity contribution in [3.63, 3.8) is 0 Å². The van der Waals surface area contributed by atoms with Crippen LogP contribution in [0.2, 0.25) is 0 Å². The highest BCUT2D eigenvalue weighted by molar-refractivity contribution is 7.19. The van der Waals surface area contributed by atoms with E-state index >= 15 is 0 Å². The minimum atomic E-state index is 0.134. The van der Waals surface area contributed by atoms with Gasteiger partial charge in [-0.25, -0.2) is 9.97 Å². The number of piperazine rings is 1. The molecule has 174 valence electrons. The molecule has 1 atom stereocenters. The predicted molar refractivity (Wildman–Crippen MR) is 137 cm³/mol. The summed E-state index contributed by atoms with van der Waals surface area (Å²) in [6.07, 6.45) is 4.51. The van der Waals surface area contributed by atoms with Crippen LogP contribution in [0, 0.1) is 5.92 Å². The van der Waals surface area contributed by atoms with Crippen LogP contribution in [0.15, 0.2) is 24.3 Å². The van der Waals surface area contributed by atoms with Crippen molar-refractivity contribution in [2.45, 2.75) is 59.3 Å². The summed E-state index contributed by atoms with van der Waals surface area (Å²) in [6, 6.07) is 8.06. The maximum Gasteiger partial charge on any atom is 0.253 e. The molecule has 1 aromatic carbocycles. The molecule has 1 fully saturated rings. The number of thiophene rings is 1. The van der Waals surface area contributed by atoms with Crippen molar-refractivity contribution in [3.05, 3.63) is 51.7 Å². The molecule has 0 bridgehead atoms. The largest absolute Gasteiger partial charge is 0.352 e. The van der Waals surface area contributed by atoms with E-state index in [4.69, 9.17) is 9.97 Å². The van der Waals surface area contributed by atoms with Gasteiger partial charge in [-0.1, -0.05) is 39.8 Å². The minimum Gasteiger partial charge on any atom is -0.352 e. The van der Waals surface area contributed by atoms with Gasteiger partial charge in [-0.2, -0.15) is 0 Å². The molecule has 6 heteroatoms. The Hall–Kier alpha value is -2.47. The smallest absolute Gasteiger partial charge is 0.253 e. The molecule has 3 heterocycles. The molecular weight excluding hydrogens is 428 g/mol. The van der Waals surface area contributed by atoms with E-state index < -0.39 is 0 Å². The van der Waals surface area contributed by atoms with Gasteiger partial charge in [-0.15, -0.1) is 11.3 Å². The summed E-state index contributed by atoms with van der Waals surface area (Å²) < 4.78 is 0. The Morgan fingerprint density at radius 2 is 1.85 bits per heavy atom. The van der Waals surface area contributed by atoms with E-state index in [9.17, 15) is 4.79 Å². The van der Waals surface area contributed by atoms with E-state index in [-0.39, 0.29) is 5.91 Å². The number of aryl methyl sites for hydroxylation is 2. The van der Waals surface area contributed by atoms with Gasteiger partial charge in [0.15, 0.2) is 0 Å². The Labute approximate surface area is 200 Å². The van der Waals surface area contributed by atoms with Gasteiger partial charge in [-0.05, 0) is 54.9 Å². The van der Waals surface area contributed by atoms with Crippen LogP contribution in [-0.2, 0) is 19.3 Å². The fraction of sp³-hybridized carbons (Fsp3) is 0.519. The lowest BCUT2D eigenvalue weighted by atomic mass is 9.89. The van der Waals surface area contributed by atoms with Crippen molar-refractivity contribution < 1.29 is 4.79 Å². The zero-order chi connectivity index (χ0) is 23.1. The number of carbonyl (C=O) groups is 1. The molecule has 0 spiro atoms. The molecule has 33 heavy (non-hydrogen) atoms. The number of nitrogens with zero attached hydrogens (tertiary/aromatic N) is 4. The van der Waals surface area contributed by atoms with E-state index in [1.807, 2.05) is 28.4 Å². The van der Waals surface area contributed by atoms with Crippen LogP contribution in [0.5, 0.6) is 0 Å². The van der Waals surface area contributed by atoms with Crippen LogP contribution in [-0.4, -0.2) is 47.0 Å². The standard InChI is InChI=1S/C27H34N4OS/c1-5-19-7-9-20(10-8-19)27(32)31-14-12-30(13-15-31)25-23-21-11-6-18(4)16-22(21)33-26(23)29-24(28-25)17(2)3/h7-10,17-18H,5-6,11-16H2,1-4H3/t18-/m1/s1. The van der Waals surface area contributed by atoms with Crippen LogP contribution in [0.3, 0.4) is 0 Å². The second-order valence-electron chi connectivity index (χ2n) is 9.92. The molecule has 5 rings (SSSR count). The lowest BCUT2D eigenvalue weighted by Gasteiger charge is -2.36. The van der Waals surface area contributed by atoms with Crippen LogP contribution in [0.1, 0.15) is 72.2 Å². The summed E-state index contributed by atoms with van der Waals surface area (Å²) >= 11 is 1.88. The van der Waals surface area contributed by atoms with Gasteiger partial charge < -0.3 is 9.80 Å². The van der Waals surface area contributed by atoms with Gasteiger partial charge in [-0.3, -0.25) is 4.79 Å². The predicted octanol–water partition coefficient (Wildman–Crippen LogP) is 5.46. The van der Waals surface area contributed by atoms with Gasteiger partial charge in [0, 0.05) is 42.5 Å². The molecule has 1 saturated heterocycles. The van der Waals surface area contributed by atoms with Crippen molar-refractivity contribution in [2.24, 2.45) is 5.92 Å². The first-order chi connectivity index (χ1) is 15.9. The Morgan fingerprint density at radius 3 is 2.52 bits per heavy atom. The molecule has 0 unspecified atom stereocenters. The molecular formula is C27H34N4OS. The third-order valence-corrected chi connectivity index (χ3v) is 8.29. The molecule has 2 aliphatic rings. The Balaban J connectivity index is 1.41. The first-order valence-electron chi connectivity index (χ1n) is 12.4. The Kier molecular flexibility index (Phi) is 6.12. The number of benzene rings is 1.